The molecule has 1 aliphatic heterocycles. The van der Waals surface area contributed by atoms with Crippen LogP contribution in [0.15, 0.2) is 54.1 Å². The highest BCUT2D eigenvalue weighted by Crippen LogP contribution is 2.39. The number of carbonyl (C=O) groups is 2. The van der Waals surface area contributed by atoms with Gasteiger partial charge in [0, 0.05) is 18.7 Å². The quantitative estimate of drug-likeness (QED) is 0.399. The van der Waals surface area contributed by atoms with Gasteiger partial charge in [-0.2, -0.15) is 0 Å². The number of aliphatic hydroxyl groups is 1. The summed E-state index contributed by atoms with van der Waals surface area (Å²) in [6.07, 6.45) is 0. The van der Waals surface area contributed by atoms with Gasteiger partial charge in [0.2, 0.25) is 0 Å². The first-order valence-corrected chi connectivity index (χ1v) is 10.2. The zero-order valence-corrected chi connectivity index (χ0v) is 18.3. The number of rotatable bonds is 8. The highest BCUT2D eigenvalue weighted by molar-refractivity contribution is 6.46. The molecular formula is C24H28N2O5. The molecule has 1 unspecified atom stereocenters. The molecule has 31 heavy (non-hydrogen) atoms. The number of likely N-dealkylation sites (N-methyl/N-ethyl adjacent to an activating group) is 1. The summed E-state index contributed by atoms with van der Waals surface area (Å²) in [7, 11) is 5.36. The summed E-state index contributed by atoms with van der Waals surface area (Å²) in [5, 5.41) is 11.0. The topological polar surface area (TPSA) is 79.3 Å². The van der Waals surface area contributed by atoms with Crippen LogP contribution in [0, 0.1) is 0 Å². The van der Waals surface area contributed by atoms with E-state index in [1.165, 1.54) is 4.90 Å². The Hall–Kier alpha value is -3.32. The number of aliphatic hydroxyl groups excluding tert-OH is 1. The lowest BCUT2D eigenvalue weighted by Crippen LogP contribution is -2.35. The van der Waals surface area contributed by atoms with Crippen LogP contribution in [0.2, 0.25) is 0 Å². The predicted molar refractivity (Wildman–Crippen MR) is 118 cm³/mol. The van der Waals surface area contributed by atoms with Crippen molar-refractivity contribution in [3.05, 3.63) is 65.2 Å². The van der Waals surface area contributed by atoms with Gasteiger partial charge in [0.1, 0.15) is 17.3 Å². The van der Waals surface area contributed by atoms with E-state index in [0.717, 1.165) is 5.56 Å². The van der Waals surface area contributed by atoms with E-state index in [2.05, 4.69) is 0 Å². The fourth-order valence-corrected chi connectivity index (χ4v) is 3.58. The molecule has 0 aliphatic carbocycles. The van der Waals surface area contributed by atoms with E-state index in [4.69, 9.17) is 9.47 Å². The smallest absolute Gasteiger partial charge is 0.295 e. The lowest BCUT2D eigenvalue weighted by molar-refractivity contribution is -0.140. The number of hydrogen-bond donors (Lipinski definition) is 1. The van der Waals surface area contributed by atoms with Gasteiger partial charge in [-0.25, -0.2) is 0 Å². The summed E-state index contributed by atoms with van der Waals surface area (Å²) in [5.41, 5.74) is 1.26. The molecule has 0 aromatic heterocycles. The lowest BCUT2D eigenvalue weighted by Gasteiger charge is -2.26. The summed E-state index contributed by atoms with van der Waals surface area (Å²) in [5.74, 6) is -0.174. The standard InChI is InChI=1S/C24H28N2O5/c1-5-31-19-12-6-16(7-13-19)21-20(22(27)17-8-10-18(30-4)11-9-17)23(28)24(29)26(21)15-14-25(2)3/h6-13,21,27H,5,14-15H2,1-4H3/b22-20-. The van der Waals surface area contributed by atoms with E-state index in [1.54, 1.807) is 43.5 Å². The SMILES string of the molecule is CCOc1ccc(C2/C(=C(/O)c3ccc(OC)cc3)C(=O)C(=O)N2CCN(C)C)cc1. The second-order valence-electron chi connectivity index (χ2n) is 7.53. The van der Waals surface area contributed by atoms with Gasteiger partial charge in [-0.05, 0) is 63.0 Å². The fraction of sp³-hybridized carbons (Fsp3) is 0.333. The number of methoxy groups -OCH3 is 1. The van der Waals surface area contributed by atoms with Crippen molar-refractivity contribution >= 4 is 17.4 Å². The second kappa shape index (κ2) is 9.66. The maximum absolute atomic E-state index is 13.0. The number of amides is 1. The molecule has 1 atom stereocenters. The Kier molecular flexibility index (Phi) is 6.97. The first kappa shape index (κ1) is 22.4. The number of hydrogen-bond acceptors (Lipinski definition) is 6. The van der Waals surface area contributed by atoms with Crippen molar-refractivity contribution in [2.45, 2.75) is 13.0 Å². The molecular weight excluding hydrogens is 396 g/mol. The van der Waals surface area contributed by atoms with Crippen molar-refractivity contribution in [3.8, 4) is 11.5 Å². The Morgan fingerprint density at radius 3 is 2.19 bits per heavy atom. The Bertz CT molecular complexity index is 964. The third-order valence-electron chi connectivity index (χ3n) is 5.20. The van der Waals surface area contributed by atoms with Crippen molar-refractivity contribution in [1.29, 1.82) is 0 Å². The third-order valence-corrected chi connectivity index (χ3v) is 5.20. The van der Waals surface area contributed by atoms with E-state index in [1.807, 2.05) is 38.1 Å². The Balaban J connectivity index is 2.09. The Morgan fingerprint density at radius 2 is 1.65 bits per heavy atom. The summed E-state index contributed by atoms with van der Waals surface area (Å²) < 4.78 is 10.7. The summed E-state index contributed by atoms with van der Waals surface area (Å²) >= 11 is 0. The molecule has 0 saturated carbocycles. The molecule has 7 heteroatoms. The van der Waals surface area contributed by atoms with Crippen molar-refractivity contribution < 1.29 is 24.2 Å². The van der Waals surface area contributed by atoms with Crippen LogP contribution in [0.3, 0.4) is 0 Å². The maximum Gasteiger partial charge on any atom is 0.295 e. The molecule has 0 spiro atoms. The van der Waals surface area contributed by atoms with E-state index < -0.39 is 17.7 Å². The van der Waals surface area contributed by atoms with Crippen LogP contribution in [0.25, 0.3) is 5.76 Å². The van der Waals surface area contributed by atoms with Crippen LogP contribution in [-0.2, 0) is 9.59 Å². The van der Waals surface area contributed by atoms with Crippen LogP contribution in [0.5, 0.6) is 11.5 Å². The van der Waals surface area contributed by atoms with Crippen LogP contribution >= 0.6 is 0 Å². The summed E-state index contributed by atoms with van der Waals surface area (Å²) in [6, 6.07) is 13.3. The highest BCUT2D eigenvalue weighted by atomic mass is 16.5. The predicted octanol–water partition coefficient (Wildman–Crippen LogP) is 3.08. The first-order chi connectivity index (χ1) is 14.9. The minimum atomic E-state index is -0.689. The van der Waals surface area contributed by atoms with Crippen molar-refractivity contribution in [1.82, 2.24) is 9.80 Å². The normalized spacial score (nSPS) is 18.0. The van der Waals surface area contributed by atoms with Gasteiger partial charge < -0.3 is 24.4 Å². The van der Waals surface area contributed by atoms with Crippen LogP contribution in [-0.4, -0.2) is 67.5 Å². The van der Waals surface area contributed by atoms with Crippen LogP contribution in [0.1, 0.15) is 24.1 Å². The largest absolute Gasteiger partial charge is 0.507 e. The fourth-order valence-electron chi connectivity index (χ4n) is 3.58. The molecule has 7 nitrogen and oxygen atoms in total. The lowest BCUT2D eigenvalue weighted by atomic mass is 9.95. The average Bonchev–Trinajstić information content (AvgIpc) is 3.02. The van der Waals surface area contributed by atoms with Crippen LogP contribution < -0.4 is 9.47 Å². The Labute approximate surface area is 182 Å². The highest BCUT2D eigenvalue weighted by Gasteiger charge is 2.45. The van der Waals surface area contributed by atoms with Crippen LogP contribution in [0.4, 0.5) is 0 Å². The number of ether oxygens (including phenoxy) is 2. The zero-order chi connectivity index (χ0) is 22.5. The summed E-state index contributed by atoms with van der Waals surface area (Å²) in [6.45, 7) is 3.38. The van der Waals surface area contributed by atoms with Crippen molar-refractivity contribution in [3.63, 3.8) is 0 Å². The molecule has 1 saturated heterocycles. The molecule has 2 aromatic rings. The Morgan fingerprint density at radius 1 is 1.03 bits per heavy atom. The number of Topliss-reactive ketones (excluding diaryl/α,β-unsaturated/α-hetero) is 1. The second-order valence-corrected chi connectivity index (χ2v) is 7.53. The van der Waals surface area contributed by atoms with E-state index in [-0.39, 0.29) is 11.3 Å². The first-order valence-electron chi connectivity index (χ1n) is 10.2. The van der Waals surface area contributed by atoms with Gasteiger partial charge in [-0.1, -0.05) is 12.1 Å². The van der Waals surface area contributed by atoms with Gasteiger partial charge in [-0.15, -0.1) is 0 Å². The van der Waals surface area contributed by atoms with Gasteiger partial charge in [0.05, 0.1) is 25.3 Å². The average molecular weight is 424 g/mol. The molecule has 2 aromatic carbocycles. The molecule has 3 rings (SSSR count). The minimum Gasteiger partial charge on any atom is -0.507 e. The molecule has 164 valence electrons. The monoisotopic (exact) mass is 424 g/mol. The number of benzene rings is 2. The molecule has 1 fully saturated rings. The zero-order valence-electron chi connectivity index (χ0n) is 18.3. The van der Waals surface area contributed by atoms with Crippen molar-refractivity contribution in [2.75, 3.05) is 40.9 Å². The molecule has 0 radical (unpaired) electrons. The van der Waals surface area contributed by atoms with Gasteiger partial charge >= 0.3 is 0 Å². The number of ketones is 1. The van der Waals surface area contributed by atoms with Gasteiger partial charge in [-0.3, -0.25) is 9.59 Å². The molecule has 1 amide bonds. The minimum absolute atomic E-state index is 0.0816. The maximum atomic E-state index is 13.0. The number of nitrogens with zero attached hydrogens (tertiary/aromatic N) is 2. The molecule has 1 aliphatic rings. The molecule has 1 heterocycles. The van der Waals surface area contributed by atoms with Gasteiger partial charge in [0.15, 0.2) is 0 Å². The number of carbonyl (C=O) groups excluding carboxylic acids is 2. The van der Waals surface area contributed by atoms with E-state index >= 15 is 0 Å². The van der Waals surface area contributed by atoms with E-state index in [9.17, 15) is 14.7 Å². The molecule has 0 bridgehead atoms. The van der Waals surface area contributed by atoms with E-state index in [0.29, 0.717) is 36.8 Å². The van der Waals surface area contributed by atoms with Gasteiger partial charge in [0.25, 0.3) is 11.7 Å². The summed E-state index contributed by atoms with van der Waals surface area (Å²) in [4.78, 5) is 29.3. The third kappa shape index (κ3) is 4.72. The number of likely N-dealkylation sites (tertiary alicyclic amines) is 1. The van der Waals surface area contributed by atoms with Crippen molar-refractivity contribution in [2.24, 2.45) is 0 Å². The molecule has 1 N–H and O–H groups in total.